The van der Waals surface area contributed by atoms with Gasteiger partial charge in [0.2, 0.25) is 5.91 Å². The van der Waals surface area contributed by atoms with Crippen molar-refractivity contribution in [2.75, 3.05) is 0 Å². The zero-order valence-electron chi connectivity index (χ0n) is 18.4. The first-order chi connectivity index (χ1) is 16.2. The lowest BCUT2D eigenvalue weighted by atomic mass is 9.75. The van der Waals surface area contributed by atoms with Crippen LogP contribution in [0.1, 0.15) is 52.1 Å². The standard InChI is InChI=1S/C30H27NO2/c32-27-18-10-9-17-25(27)26-20-19-21-11-7-8-16-24(21)29(26)31-30(33)28(22-12-3-1-4-13-22)23-14-5-2-6-15-23/h1-18,26,28-29,32H,19-20H2,(H,31,33)/t26-,29+/m1/s1. The number of aromatic hydroxyl groups is 1. The summed E-state index contributed by atoms with van der Waals surface area (Å²) >= 11 is 0. The fraction of sp³-hybridized carbons (Fsp3) is 0.167. The summed E-state index contributed by atoms with van der Waals surface area (Å²) in [4.78, 5) is 13.9. The largest absolute Gasteiger partial charge is 0.508 e. The number of hydrogen-bond donors (Lipinski definition) is 2. The Morgan fingerprint density at radius 2 is 1.27 bits per heavy atom. The first-order valence-electron chi connectivity index (χ1n) is 11.5. The molecule has 0 fully saturated rings. The Morgan fingerprint density at radius 1 is 0.727 bits per heavy atom. The highest BCUT2D eigenvalue weighted by atomic mass is 16.3. The molecule has 0 saturated heterocycles. The predicted octanol–water partition coefficient (Wildman–Crippen LogP) is 6.11. The van der Waals surface area contributed by atoms with Gasteiger partial charge in [-0.1, -0.05) is 103 Å². The Balaban J connectivity index is 1.55. The number of phenols is 1. The predicted molar refractivity (Wildman–Crippen MR) is 131 cm³/mol. The molecule has 164 valence electrons. The van der Waals surface area contributed by atoms with Crippen LogP contribution in [0.3, 0.4) is 0 Å². The molecule has 3 heteroatoms. The molecule has 0 heterocycles. The molecule has 0 aliphatic heterocycles. The van der Waals surface area contributed by atoms with Crippen molar-refractivity contribution < 1.29 is 9.90 Å². The molecule has 0 aromatic heterocycles. The Kier molecular flexibility index (Phi) is 5.95. The van der Waals surface area contributed by atoms with E-state index in [1.807, 2.05) is 84.9 Å². The third kappa shape index (κ3) is 4.27. The van der Waals surface area contributed by atoms with E-state index in [9.17, 15) is 9.90 Å². The van der Waals surface area contributed by atoms with Gasteiger partial charge in [0.25, 0.3) is 0 Å². The zero-order valence-corrected chi connectivity index (χ0v) is 18.4. The summed E-state index contributed by atoms with van der Waals surface area (Å²) in [7, 11) is 0. The van der Waals surface area contributed by atoms with Gasteiger partial charge < -0.3 is 10.4 Å². The summed E-state index contributed by atoms with van der Waals surface area (Å²) in [5.74, 6) is -0.165. The lowest BCUT2D eigenvalue weighted by Gasteiger charge is -2.36. The van der Waals surface area contributed by atoms with E-state index >= 15 is 0 Å². The molecule has 0 spiro atoms. The molecule has 4 aromatic carbocycles. The molecule has 33 heavy (non-hydrogen) atoms. The van der Waals surface area contributed by atoms with Gasteiger partial charge in [-0.2, -0.15) is 0 Å². The summed E-state index contributed by atoms with van der Waals surface area (Å²) < 4.78 is 0. The molecule has 0 radical (unpaired) electrons. The number of aryl methyl sites for hydroxylation is 1. The van der Waals surface area contributed by atoms with Crippen molar-refractivity contribution in [3.05, 3.63) is 137 Å². The van der Waals surface area contributed by atoms with E-state index in [1.165, 1.54) is 5.56 Å². The Labute approximate surface area is 194 Å². The molecule has 0 bridgehead atoms. The Bertz CT molecular complexity index is 1200. The van der Waals surface area contributed by atoms with Gasteiger partial charge in [-0.15, -0.1) is 0 Å². The minimum Gasteiger partial charge on any atom is -0.508 e. The number of rotatable bonds is 5. The SMILES string of the molecule is O=C(N[C@H]1c2ccccc2CC[C@@H]1c1ccccc1O)C(c1ccccc1)c1ccccc1. The molecular formula is C30H27NO2. The van der Waals surface area contributed by atoms with Crippen LogP contribution in [-0.4, -0.2) is 11.0 Å². The molecule has 3 nitrogen and oxygen atoms in total. The van der Waals surface area contributed by atoms with Crippen molar-refractivity contribution in [1.29, 1.82) is 0 Å². The van der Waals surface area contributed by atoms with Gasteiger partial charge in [0.15, 0.2) is 0 Å². The van der Waals surface area contributed by atoms with Gasteiger partial charge in [-0.25, -0.2) is 0 Å². The summed E-state index contributed by atoms with van der Waals surface area (Å²) in [5, 5.41) is 14.0. The molecule has 1 aliphatic carbocycles. The molecule has 4 aromatic rings. The van der Waals surface area contributed by atoms with Crippen LogP contribution in [0.4, 0.5) is 0 Å². The maximum Gasteiger partial charge on any atom is 0.232 e. The van der Waals surface area contributed by atoms with Crippen molar-refractivity contribution in [1.82, 2.24) is 5.32 Å². The number of para-hydroxylation sites is 1. The van der Waals surface area contributed by atoms with Gasteiger partial charge in [0.05, 0.1) is 12.0 Å². The van der Waals surface area contributed by atoms with Gasteiger partial charge in [0, 0.05) is 5.92 Å². The van der Waals surface area contributed by atoms with E-state index in [4.69, 9.17) is 0 Å². The lowest BCUT2D eigenvalue weighted by molar-refractivity contribution is -0.122. The van der Waals surface area contributed by atoms with E-state index in [1.54, 1.807) is 6.07 Å². The van der Waals surface area contributed by atoms with E-state index in [0.29, 0.717) is 0 Å². The first-order valence-corrected chi connectivity index (χ1v) is 11.5. The van der Waals surface area contributed by atoms with Crippen LogP contribution in [-0.2, 0) is 11.2 Å². The number of fused-ring (bicyclic) bond motifs is 1. The summed E-state index contributed by atoms with van der Waals surface area (Å²) in [6.45, 7) is 0. The van der Waals surface area contributed by atoms with Crippen LogP contribution in [0.15, 0.2) is 109 Å². The molecule has 5 rings (SSSR count). The lowest BCUT2D eigenvalue weighted by Crippen LogP contribution is -2.38. The summed E-state index contributed by atoms with van der Waals surface area (Å²) in [6, 6.07) is 35.4. The number of carbonyl (C=O) groups excluding carboxylic acids is 1. The third-order valence-electron chi connectivity index (χ3n) is 6.68. The first kappa shape index (κ1) is 21.0. The second kappa shape index (κ2) is 9.33. The molecule has 2 atom stereocenters. The Hall–Kier alpha value is -3.85. The normalized spacial score (nSPS) is 17.4. The van der Waals surface area contributed by atoms with Gasteiger partial charge in [-0.05, 0) is 46.7 Å². The highest BCUT2D eigenvalue weighted by molar-refractivity contribution is 5.87. The Morgan fingerprint density at radius 3 is 1.91 bits per heavy atom. The second-order valence-electron chi connectivity index (χ2n) is 8.64. The average molecular weight is 434 g/mol. The van der Waals surface area contributed by atoms with Crippen LogP contribution in [0.2, 0.25) is 0 Å². The topological polar surface area (TPSA) is 49.3 Å². The smallest absolute Gasteiger partial charge is 0.232 e. The van der Waals surface area contributed by atoms with E-state index in [0.717, 1.165) is 35.1 Å². The second-order valence-corrected chi connectivity index (χ2v) is 8.64. The fourth-order valence-electron chi connectivity index (χ4n) is 5.10. The maximum atomic E-state index is 13.9. The summed E-state index contributed by atoms with van der Waals surface area (Å²) in [6.07, 6.45) is 1.78. The minimum atomic E-state index is -0.411. The van der Waals surface area contributed by atoms with Gasteiger partial charge in [-0.3, -0.25) is 4.79 Å². The van der Waals surface area contributed by atoms with E-state index in [2.05, 4.69) is 23.5 Å². The average Bonchev–Trinajstić information content (AvgIpc) is 2.86. The van der Waals surface area contributed by atoms with Crippen LogP contribution in [0.5, 0.6) is 5.75 Å². The number of benzene rings is 4. The number of phenolic OH excluding ortho intramolecular Hbond substituents is 1. The minimum absolute atomic E-state index is 0.00255. The number of amides is 1. The molecule has 0 saturated carbocycles. The molecule has 1 aliphatic rings. The number of nitrogens with one attached hydrogen (secondary N) is 1. The fourth-order valence-corrected chi connectivity index (χ4v) is 5.10. The maximum absolute atomic E-state index is 13.9. The molecule has 0 unspecified atom stereocenters. The molecular weight excluding hydrogens is 406 g/mol. The molecule has 1 amide bonds. The molecule has 2 N–H and O–H groups in total. The van der Waals surface area contributed by atoms with Crippen molar-refractivity contribution in [2.24, 2.45) is 0 Å². The van der Waals surface area contributed by atoms with Crippen LogP contribution < -0.4 is 5.32 Å². The van der Waals surface area contributed by atoms with Gasteiger partial charge in [0.1, 0.15) is 5.75 Å². The van der Waals surface area contributed by atoms with E-state index < -0.39 is 5.92 Å². The number of carbonyl (C=O) groups is 1. The van der Waals surface area contributed by atoms with E-state index in [-0.39, 0.29) is 23.6 Å². The van der Waals surface area contributed by atoms with Crippen molar-refractivity contribution in [3.8, 4) is 5.75 Å². The number of hydrogen-bond acceptors (Lipinski definition) is 2. The van der Waals surface area contributed by atoms with Crippen molar-refractivity contribution in [3.63, 3.8) is 0 Å². The van der Waals surface area contributed by atoms with Crippen LogP contribution in [0, 0.1) is 0 Å². The van der Waals surface area contributed by atoms with Gasteiger partial charge >= 0.3 is 0 Å². The summed E-state index contributed by atoms with van der Waals surface area (Å²) in [5.41, 5.74) is 5.19. The van der Waals surface area contributed by atoms with Crippen molar-refractivity contribution >= 4 is 5.91 Å². The zero-order chi connectivity index (χ0) is 22.6. The van der Waals surface area contributed by atoms with Crippen LogP contribution in [0.25, 0.3) is 0 Å². The quantitative estimate of drug-likeness (QED) is 0.399. The van der Waals surface area contributed by atoms with Crippen LogP contribution >= 0.6 is 0 Å². The van der Waals surface area contributed by atoms with Crippen molar-refractivity contribution in [2.45, 2.75) is 30.7 Å². The highest BCUT2D eigenvalue weighted by Crippen LogP contribution is 2.44. The third-order valence-corrected chi connectivity index (χ3v) is 6.68. The highest BCUT2D eigenvalue weighted by Gasteiger charge is 2.35. The monoisotopic (exact) mass is 433 g/mol.